The predicted molar refractivity (Wildman–Crippen MR) is 88.6 cm³/mol. The molecule has 0 aliphatic heterocycles. The van der Waals surface area contributed by atoms with Gasteiger partial charge in [-0.25, -0.2) is 4.39 Å². The zero-order valence-electron chi connectivity index (χ0n) is 12.9. The molecule has 2 aromatic carbocycles. The van der Waals surface area contributed by atoms with E-state index in [0.717, 1.165) is 5.56 Å². The minimum absolute atomic E-state index is 0.0656. The Morgan fingerprint density at radius 1 is 1.17 bits per heavy atom. The lowest BCUT2D eigenvalue weighted by Gasteiger charge is -2.08. The minimum Gasteiger partial charge on any atom is -0.484 e. The molecule has 0 radical (unpaired) electrons. The van der Waals surface area contributed by atoms with Crippen LogP contribution in [-0.2, 0) is 11.3 Å². The van der Waals surface area contributed by atoms with Gasteiger partial charge in [0.15, 0.2) is 6.61 Å². The molecular formula is C17H16ClFN2O3. The second kappa shape index (κ2) is 8.31. The molecule has 0 heterocycles. The number of hydrogen-bond donors (Lipinski definition) is 2. The number of ether oxygens (including phenoxy) is 1. The highest BCUT2D eigenvalue weighted by molar-refractivity contribution is 6.30. The van der Waals surface area contributed by atoms with Gasteiger partial charge in [0.25, 0.3) is 11.8 Å². The van der Waals surface area contributed by atoms with Crippen LogP contribution in [0.25, 0.3) is 0 Å². The highest BCUT2D eigenvalue weighted by atomic mass is 35.5. The maximum Gasteiger partial charge on any atom is 0.258 e. The van der Waals surface area contributed by atoms with Gasteiger partial charge in [0.1, 0.15) is 11.6 Å². The molecule has 5 nitrogen and oxygen atoms in total. The molecule has 2 aromatic rings. The van der Waals surface area contributed by atoms with Crippen LogP contribution in [0.5, 0.6) is 5.75 Å². The van der Waals surface area contributed by atoms with Gasteiger partial charge in [0, 0.05) is 25.2 Å². The maximum atomic E-state index is 13.0. The van der Waals surface area contributed by atoms with E-state index in [-0.39, 0.29) is 23.4 Å². The Hall–Kier alpha value is -2.60. The van der Waals surface area contributed by atoms with E-state index in [1.165, 1.54) is 18.2 Å². The Morgan fingerprint density at radius 2 is 1.88 bits per heavy atom. The van der Waals surface area contributed by atoms with Gasteiger partial charge in [-0.15, -0.1) is 0 Å². The van der Waals surface area contributed by atoms with Crippen LogP contribution in [0.2, 0.25) is 5.02 Å². The Labute approximate surface area is 143 Å². The fraction of sp³-hybridized carbons (Fsp3) is 0.176. The van der Waals surface area contributed by atoms with Crippen LogP contribution in [0, 0.1) is 5.82 Å². The molecule has 0 spiro atoms. The molecule has 7 heteroatoms. The summed E-state index contributed by atoms with van der Waals surface area (Å²) in [5.41, 5.74) is 1.39. The molecule has 126 valence electrons. The molecule has 24 heavy (non-hydrogen) atoms. The van der Waals surface area contributed by atoms with Crippen molar-refractivity contribution in [3.05, 3.63) is 64.4 Å². The largest absolute Gasteiger partial charge is 0.484 e. The highest BCUT2D eigenvalue weighted by Gasteiger charge is 2.06. The average Bonchev–Trinajstić information content (AvgIpc) is 2.60. The molecule has 0 atom stereocenters. The number of nitrogens with one attached hydrogen (secondary N) is 2. The summed E-state index contributed by atoms with van der Waals surface area (Å²) in [5, 5.41) is 5.15. The molecular weight excluding hydrogens is 335 g/mol. The second-order valence-corrected chi connectivity index (χ2v) is 5.32. The summed E-state index contributed by atoms with van der Waals surface area (Å²) in [6, 6.07) is 10.7. The standard InChI is InChI=1S/C17H16ClFN2O3/c1-20-17(23)12-4-2-11(3-5-12)9-21-16(22)10-24-13-6-7-15(19)14(18)8-13/h2-8H,9-10H2,1H3,(H,20,23)(H,21,22). The van der Waals surface area contributed by atoms with Crippen molar-refractivity contribution in [2.75, 3.05) is 13.7 Å². The van der Waals surface area contributed by atoms with Crippen LogP contribution < -0.4 is 15.4 Å². The first-order valence-corrected chi connectivity index (χ1v) is 7.53. The molecule has 2 rings (SSSR count). The number of hydrogen-bond acceptors (Lipinski definition) is 3. The lowest BCUT2D eigenvalue weighted by molar-refractivity contribution is -0.123. The van der Waals surface area contributed by atoms with Gasteiger partial charge in [-0.05, 0) is 29.8 Å². The maximum absolute atomic E-state index is 13.0. The Balaban J connectivity index is 1.80. The van der Waals surface area contributed by atoms with Gasteiger partial charge in [0.05, 0.1) is 5.02 Å². The van der Waals surface area contributed by atoms with Crippen molar-refractivity contribution in [2.45, 2.75) is 6.54 Å². The Morgan fingerprint density at radius 3 is 2.50 bits per heavy atom. The Kier molecular flexibility index (Phi) is 6.14. The Bertz CT molecular complexity index is 735. The number of amides is 2. The molecule has 0 unspecified atom stereocenters. The lowest BCUT2D eigenvalue weighted by Crippen LogP contribution is -2.28. The lowest BCUT2D eigenvalue weighted by atomic mass is 10.1. The van der Waals surface area contributed by atoms with E-state index in [2.05, 4.69) is 10.6 Å². The number of halogens is 2. The highest BCUT2D eigenvalue weighted by Crippen LogP contribution is 2.20. The van der Waals surface area contributed by atoms with Gasteiger partial charge >= 0.3 is 0 Å². The van der Waals surface area contributed by atoms with Crippen molar-refractivity contribution < 1.29 is 18.7 Å². The molecule has 0 bridgehead atoms. The molecule has 0 fully saturated rings. The third-order valence-corrected chi connectivity index (χ3v) is 3.48. The van der Waals surface area contributed by atoms with Crippen LogP contribution in [0.1, 0.15) is 15.9 Å². The van der Waals surface area contributed by atoms with Crippen molar-refractivity contribution in [2.24, 2.45) is 0 Å². The molecule has 0 saturated heterocycles. The van der Waals surface area contributed by atoms with Gasteiger partial charge in [-0.2, -0.15) is 0 Å². The molecule has 0 saturated carbocycles. The number of benzene rings is 2. The van der Waals surface area contributed by atoms with Crippen LogP contribution in [-0.4, -0.2) is 25.5 Å². The predicted octanol–water partition coefficient (Wildman–Crippen LogP) is 2.53. The summed E-state index contributed by atoms with van der Waals surface area (Å²) >= 11 is 5.63. The van der Waals surface area contributed by atoms with E-state index in [9.17, 15) is 14.0 Å². The zero-order chi connectivity index (χ0) is 17.5. The summed E-state index contributed by atoms with van der Waals surface area (Å²) in [6.07, 6.45) is 0. The first kappa shape index (κ1) is 17.7. The van der Waals surface area contributed by atoms with Gasteiger partial charge < -0.3 is 15.4 Å². The van der Waals surface area contributed by atoms with Crippen molar-refractivity contribution in [1.82, 2.24) is 10.6 Å². The van der Waals surface area contributed by atoms with Crippen LogP contribution >= 0.6 is 11.6 Å². The smallest absolute Gasteiger partial charge is 0.258 e. The summed E-state index contributed by atoms with van der Waals surface area (Å²) in [5.74, 6) is -0.733. The zero-order valence-corrected chi connectivity index (χ0v) is 13.7. The minimum atomic E-state index is -0.548. The summed E-state index contributed by atoms with van der Waals surface area (Å²) in [6.45, 7) is 0.0959. The number of carbonyl (C=O) groups excluding carboxylic acids is 2. The summed E-state index contributed by atoms with van der Waals surface area (Å²) in [7, 11) is 1.56. The molecule has 2 amide bonds. The first-order chi connectivity index (χ1) is 11.5. The molecule has 0 aliphatic carbocycles. The van der Waals surface area contributed by atoms with E-state index in [4.69, 9.17) is 16.3 Å². The van der Waals surface area contributed by atoms with E-state index in [1.54, 1.807) is 31.3 Å². The van der Waals surface area contributed by atoms with Crippen LogP contribution in [0.3, 0.4) is 0 Å². The summed E-state index contributed by atoms with van der Waals surface area (Å²) in [4.78, 5) is 23.2. The normalized spacial score (nSPS) is 10.1. The van der Waals surface area contributed by atoms with Crippen molar-refractivity contribution in [3.8, 4) is 5.75 Å². The van der Waals surface area contributed by atoms with E-state index in [1.807, 2.05) is 0 Å². The summed E-state index contributed by atoms with van der Waals surface area (Å²) < 4.78 is 18.3. The fourth-order valence-corrected chi connectivity index (χ4v) is 2.06. The monoisotopic (exact) mass is 350 g/mol. The number of rotatable bonds is 6. The van der Waals surface area contributed by atoms with Gasteiger partial charge in [-0.3, -0.25) is 9.59 Å². The van der Waals surface area contributed by atoms with Crippen molar-refractivity contribution >= 4 is 23.4 Å². The van der Waals surface area contributed by atoms with E-state index >= 15 is 0 Å². The molecule has 2 N–H and O–H groups in total. The van der Waals surface area contributed by atoms with Crippen LogP contribution in [0.15, 0.2) is 42.5 Å². The van der Waals surface area contributed by atoms with Gasteiger partial charge in [0.2, 0.25) is 0 Å². The van der Waals surface area contributed by atoms with Gasteiger partial charge in [-0.1, -0.05) is 23.7 Å². The SMILES string of the molecule is CNC(=O)c1ccc(CNC(=O)COc2ccc(F)c(Cl)c2)cc1. The van der Waals surface area contributed by atoms with Crippen molar-refractivity contribution in [1.29, 1.82) is 0 Å². The molecule has 0 aromatic heterocycles. The third kappa shape index (κ3) is 4.96. The topological polar surface area (TPSA) is 67.4 Å². The average molecular weight is 351 g/mol. The number of carbonyl (C=O) groups is 2. The quantitative estimate of drug-likeness (QED) is 0.841. The first-order valence-electron chi connectivity index (χ1n) is 7.15. The third-order valence-electron chi connectivity index (χ3n) is 3.19. The van der Waals surface area contributed by atoms with E-state index in [0.29, 0.717) is 17.9 Å². The fourth-order valence-electron chi connectivity index (χ4n) is 1.89. The van der Waals surface area contributed by atoms with Crippen molar-refractivity contribution in [3.63, 3.8) is 0 Å². The second-order valence-electron chi connectivity index (χ2n) is 4.92. The molecule has 0 aliphatic rings. The van der Waals surface area contributed by atoms with E-state index < -0.39 is 5.82 Å². The van der Waals surface area contributed by atoms with Crippen LogP contribution in [0.4, 0.5) is 4.39 Å².